The van der Waals surface area contributed by atoms with Crippen LogP contribution in [0.25, 0.3) is 0 Å². The quantitative estimate of drug-likeness (QED) is 0.608. The number of ether oxygens (including phenoxy) is 1. The van der Waals surface area contributed by atoms with Gasteiger partial charge in [0.15, 0.2) is 0 Å². The molecule has 0 unspecified atom stereocenters. The third kappa shape index (κ3) is 4.00. The fraction of sp³-hybridized carbons (Fsp3) is 0.474. The maximum atomic E-state index is 12.7. The molecule has 27 heavy (non-hydrogen) atoms. The predicted molar refractivity (Wildman–Crippen MR) is 99.8 cm³/mol. The third-order valence-corrected chi connectivity index (χ3v) is 4.77. The SMILES string of the molecule is Cc1nn(Cc2ccc(C(=O)N3C[C@@H](C)O[C@@H](C)C3)cc2)c(C)c1[N+](=O)[O-]. The molecule has 0 spiro atoms. The lowest BCUT2D eigenvalue weighted by Gasteiger charge is -2.35. The van der Waals surface area contributed by atoms with Crippen molar-refractivity contribution in [1.82, 2.24) is 14.7 Å². The van der Waals surface area contributed by atoms with Gasteiger partial charge in [0.1, 0.15) is 11.4 Å². The van der Waals surface area contributed by atoms with Gasteiger partial charge in [-0.25, -0.2) is 0 Å². The summed E-state index contributed by atoms with van der Waals surface area (Å²) in [5.74, 6) is -0.00898. The highest BCUT2D eigenvalue weighted by Crippen LogP contribution is 2.23. The Kier molecular flexibility index (Phi) is 5.27. The number of rotatable bonds is 4. The lowest BCUT2D eigenvalue weighted by Crippen LogP contribution is -2.48. The number of carbonyl (C=O) groups is 1. The predicted octanol–water partition coefficient (Wildman–Crippen LogP) is 2.71. The fourth-order valence-electron chi connectivity index (χ4n) is 3.56. The Bertz CT molecular complexity index is 849. The summed E-state index contributed by atoms with van der Waals surface area (Å²) < 4.78 is 7.30. The number of nitro groups is 1. The number of aromatic nitrogens is 2. The topological polar surface area (TPSA) is 90.5 Å². The first-order chi connectivity index (χ1) is 12.8. The van der Waals surface area contributed by atoms with Crippen molar-refractivity contribution in [2.75, 3.05) is 13.1 Å². The van der Waals surface area contributed by atoms with Crippen LogP contribution in [0.3, 0.4) is 0 Å². The van der Waals surface area contributed by atoms with E-state index in [1.165, 1.54) is 0 Å². The number of benzene rings is 1. The van der Waals surface area contributed by atoms with Crippen molar-refractivity contribution in [3.8, 4) is 0 Å². The standard InChI is InChI=1S/C19H24N4O4/c1-12-9-21(10-13(2)27-12)19(24)17-7-5-16(6-8-17)11-22-15(4)18(23(25)26)14(3)20-22/h5-8,12-13H,9-11H2,1-4H3/t12-,13+. The summed E-state index contributed by atoms with van der Waals surface area (Å²) in [7, 11) is 0. The Hall–Kier alpha value is -2.74. The van der Waals surface area contributed by atoms with Gasteiger partial charge in [-0.1, -0.05) is 12.1 Å². The average molecular weight is 372 g/mol. The summed E-state index contributed by atoms with van der Waals surface area (Å²) in [6.07, 6.45) is 0.0533. The first kappa shape index (κ1) is 19.0. The van der Waals surface area contributed by atoms with Crippen molar-refractivity contribution in [2.45, 2.75) is 46.4 Å². The van der Waals surface area contributed by atoms with Crippen LogP contribution in [0.15, 0.2) is 24.3 Å². The van der Waals surface area contributed by atoms with Gasteiger partial charge in [0, 0.05) is 18.7 Å². The van der Waals surface area contributed by atoms with Crippen LogP contribution in [0, 0.1) is 24.0 Å². The van der Waals surface area contributed by atoms with Gasteiger partial charge in [-0.15, -0.1) is 0 Å². The molecule has 0 bridgehead atoms. The number of nitrogens with zero attached hydrogens (tertiary/aromatic N) is 4. The van der Waals surface area contributed by atoms with E-state index in [4.69, 9.17) is 4.74 Å². The van der Waals surface area contributed by atoms with Crippen LogP contribution in [0.2, 0.25) is 0 Å². The zero-order chi connectivity index (χ0) is 19.7. The van der Waals surface area contributed by atoms with Crippen LogP contribution in [0.1, 0.15) is 41.2 Å². The second-order valence-corrected chi connectivity index (χ2v) is 7.10. The lowest BCUT2D eigenvalue weighted by atomic mass is 10.1. The smallest absolute Gasteiger partial charge is 0.312 e. The van der Waals surface area contributed by atoms with E-state index < -0.39 is 4.92 Å². The molecule has 1 aromatic carbocycles. The molecule has 3 rings (SSSR count). The number of amides is 1. The van der Waals surface area contributed by atoms with Crippen LogP contribution >= 0.6 is 0 Å². The third-order valence-electron chi connectivity index (χ3n) is 4.77. The zero-order valence-electron chi connectivity index (χ0n) is 16.0. The van der Waals surface area contributed by atoms with Gasteiger partial charge in [0.2, 0.25) is 0 Å². The number of carbonyl (C=O) groups excluding carboxylic acids is 1. The summed E-state index contributed by atoms with van der Waals surface area (Å²) in [6, 6.07) is 7.32. The summed E-state index contributed by atoms with van der Waals surface area (Å²) in [5.41, 5.74) is 2.53. The zero-order valence-corrected chi connectivity index (χ0v) is 16.0. The van der Waals surface area contributed by atoms with Gasteiger partial charge in [-0.05, 0) is 45.4 Å². The molecule has 0 radical (unpaired) electrons. The molecule has 1 saturated heterocycles. The first-order valence-electron chi connectivity index (χ1n) is 8.98. The van der Waals surface area contributed by atoms with Gasteiger partial charge < -0.3 is 9.64 Å². The highest BCUT2D eigenvalue weighted by Gasteiger charge is 2.26. The molecule has 1 aromatic heterocycles. The second-order valence-electron chi connectivity index (χ2n) is 7.10. The van der Waals surface area contributed by atoms with E-state index in [-0.39, 0.29) is 23.8 Å². The molecule has 1 amide bonds. The Morgan fingerprint density at radius 3 is 2.33 bits per heavy atom. The second kappa shape index (κ2) is 7.48. The number of morpholine rings is 1. The van der Waals surface area contributed by atoms with E-state index >= 15 is 0 Å². The molecule has 2 aromatic rings. The molecule has 1 aliphatic rings. The van der Waals surface area contributed by atoms with Gasteiger partial charge >= 0.3 is 5.69 Å². The van der Waals surface area contributed by atoms with E-state index in [9.17, 15) is 14.9 Å². The molecule has 0 aliphatic carbocycles. The van der Waals surface area contributed by atoms with Crippen LogP contribution < -0.4 is 0 Å². The number of hydrogen-bond acceptors (Lipinski definition) is 5. The Labute approximate surface area is 157 Å². The van der Waals surface area contributed by atoms with Crippen molar-refractivity contribution in [3.05, 3.63) is 56.9 Å². The van der Waals surface area contributed by atoms with Crippen LogP contribution in [-0.2, 0) is 11.3 Å². The monoisotopic (exact) mass is 372 g/mol. The van der Waals surface area contributed by atoms with Crippen molar-refractivity contribution >= 4 is 11.6 Å². The molecule has 8 nitrogen and oxygen atoms in total. The molecule has 2 atom stereocenters. The van der Waals surface area contributed by atoms with E-state index in [0.29, 0.717) is 36.6 Å². The Morgan fingerprint density at radius 2 is 1.81 bits per heavy atom. The number of aryl methyl sites for hydroxylation is 1. The summed E-state index contributed by atoms with van der Waals surface area (Å²) in [5, 5.41) is 15.4. The summed E-state index contributed by atoms with van der Waals surface area (Å²) in [6.45, 7) is 8.84. The van der Waals surface area contributed by atoms with Gasteiger partial charge in [0.25, 0.3) is 5.91 Å². The summed E-state index contributed by atoms with van der Waals surface area (Å²) in [4.78, 5) is 25.3. The fourth-order valence-corrected chi connectivity index (χ4v) is 3.56. The van der Waals surface area contributed by atoms with Crippen molar-refractivity contribution < 1.29 is 14.5 Å². The minimum atomic E-state index is -0.403. The van der Waals surface area contributed by atoms with Crippen molar-refractivity contribution in [3.63, 3.8) is 0 Å². The van der Waals surface area contributed by atoms with Gasteiger partial charge in [-0.2, -0.15) is 5.10 Å². The lowest BCUT2D eigenvalue weighted by molar-refractivity contribution is -0.386. The average Bonchev–Trinajstić information content (AvgIpc) is 2.87. The largest absolute Gasteiger partial charge is 0.372 e. The highest BCUT2D eigenvalue weighted by molar-refractivity contribution is 5.94. The maximum Gasteiger partial charge on any atom is 0.312 e. The van der Waals surface area contributed by atoms with Crippen LogP contribution in [0.5, 0.6) is 0 Å². The van der Waals surface area contributed by atoms with Crippen LogP contribution in [-0.4, -0.2) is 50.8 Å². The minimum absolute atomic E-state index is 0.00898. The van der Waals surface area contributed by atoms with Crippen molar-refractivity contribution in [1.29, 1.82) is 0 Å². The molecule has 1 fully saturated rings. The first-order valence-corrected chi connectivity index (χ1v) is 8.98. The Morgan fingerprint density at radius 1 is 1.22 bits per heavy atom. The van der Waals surface area contributed by atoms with E-state index in [1.54, 1.807) is 30.7 Å². The van der Waals surface area contributed by atoms with Gasteiger partial charge in [0.05, 0.1) is 23.7 Å². The molecule has 144 valence electrons. The highest BCUT2D eigenvalue weighted by atomic mass is 16.6. The Balaban J connectivity index is 1.73. The van der Waals surface area contributed by atoms with E-state index in [1.807, 2.05) is 30.9 Å². The molecule has 1 aliphatic heterocycles. The van der Waals surface area contributed by atoms with E-state index in [0.717, 1.165) is 5.56 Å². The van der Waals surface area contributed by atoms with Crippen molar-refractivity contribution in [2.24, 2.45) is 0 Å². The van der Waals surface area contributed by atoms with Crippen LogP contribution in [0.4, 0.5) is 5.69 Å². The normalized spacial score (nSPS) is 19.9. The maximum absolute atomic E-state index is 12.7. The van der Waals surface area contributed by atoms with E-state index in [2.05, 4.69) is 5.10 Å². The number of hydrogen-bond donors (Lipinski definition) is 0. The summed E-state index contributed by atoms with van der Waals surface area (Å²) >= 11 is 0. The molecule has 2 heterocycles. The molecular weight excluding hydrogens is 348 g/mol. The van der Waals surface area contributed by atoms with Gasteiger partial charge in [-0.3, -0.25) is 19.6 Å². The molecule has 0 saturated carbocycles. The molecular formula is C19H24N4O4. The molecule has 8 heteroatoms. The minimum Gasteiger partial charge on any atom is -0.372 e. The molecule has 0 N–H and O–H groups in total.